The Morgan fingerprint density at radius 2 is 1.92 bits per heavy atom. The molecule has 0 aliphatic carbocycles. The van der Waals surface area contributed by atoms with Crippen LogP contribution < -0.4 is 5.56 Å². The highest BCUT2D eigenvalue weighted by Crippen LogP contribution is 2.19. The van der Waals surface area contributed by atoms with Crippen LogP contribution in [-0.2, 0) is 22.6 Å². The van der Waals surface area contributed by atoms with Crippen molar-refractivity contribution in [2.45, 2.75) is 13.2 Å². The van der Waals surface area contributed by atoms with Gasteiger partial charge in [0, 0.05) is 20.8 Å². The highest BCUT2D eigenvalue weighted by atomic mass is 16.5. The van der Waals surface area contributed by atoms with Gasteiger partial charge in [0.05, 0.1) is 36.1 Å². The van der Waals surface area contributed by atoms with Gasteiger partial charge < -0.3 is 14.0 Å². The summed E-state index contributed by atoms with van der Waals surface area (Å²) < 4.78 is 15.4. The van der Waals surface area contributed by atoms with Gasteiger partial charge in [0.2, 0.25) is 0 Å². The molecular weight excluding hydrogens is 336 g/mol. The van der Waals surface area contributed by atoms with E-state index in [1.165, 1.54) is 4.68 Å². The minimum absolute atomic E-state index is 0.160. The van der Waals surface area contributed by atoms with Crippen LogP contribution in [0.5, 0.6) is 0 Å². The molecular formula is C17H18N6O3. The molecule has 3 heterocycles. The first kappa shape index (κ1) is 16.4. The molecule has 0 aliphatic heterocycles. The lowest BCUT2D eigenvalue weighted by molar-refractivity contribution is 0.179. The van der Waals surface area contributed by atoms with Gasteiger partial charge in [0.1, 0.15) is 6.33 Å². The summed E-state index contributed by atoms with van der Waals surface area (Å²) in [4.78, 5) is 17.7. The van der Waals surface area contributed by atoms with E-state index in [2.05, 4.69) is 15.3 Å². The number of hydrogen-bond acceptors (Lipinski definition) is 6. The molecule has 0 bridgehead atoms. The normalized spacial score (nSPS) is 11.6. The summed E-state index contributed by atoms with van der Waals surface area (Å²) in [5.74, 6) is 0.427. The molecule has 9 nitrogen and oxygen atoms in total. The van der Waals surface area contributed by atoms with Gasteiger partial charge in [-0.25, -0.2) is 4.98 Å². The summed E-state index contributed by atoms with van der Waals surface area (Å²) in [6, 6.07) is 7.70. The van der Waals surface area contributed by atoms with E-state index in [1.807, 2.05) is 24.3 Å². The molecule has 0 aliphatic rings. The van der Waals surface area contributed by atoms with Gasteiger partial charge in [-0.15, -0.1) is 5.10 Å². The van der Waals surface area contributed by atoms with E-state index >= 15 is 0 Å². The second-order valence-corrected chi connectivity index (χ2v) is 5.80. The first-order valence-corrected chi connectivity index (χ1v) is 8.12. The van der Waals surface area contributed by atoms with Crippen LogP contribution >= 0.6 is 0 Å². The number of ether oxygens (including phenoxy) is 2. The zero-order valence-electron chi connectivity index (χ0n) is 14.5. The molecule has 4 rings (SSSR count). The van der Waals surface area contributed by atoms with Gasteiger partial charge in [-0.05, 0) is 12.1 Å². The van der Waals surface area contributed by atoms with E-state index < -0.39 is 0 Å². The molecule has 0 saturated carbocycles. The number of methoxy groups -OCH3 is 2. The Labute approximate surface area is 148 Å². The molecule has 0 radical (unpaired) electrons. The molecule has 0 saturated heterocycles. The Morgan fingerprint density at radius 1 is 1.12 bits per heavy atom. The molecule has 26 heavy (non-hydrogen) atoms. The zero-order valence-corrected chi connectivity index (χ0v) is 14.5. The topological polar surface area (TPSA) is 88.5 Å². The highest BCUT2D eigenvalue weighted by molar-refractivity contribution is 5.80. The largest absolute Gasteiger partial charge is 0.383 e. The van der Waals surface area contributed by atoms with Crippen LogP contribution in [0.15, 0.2) is 41.6 Å². The average Bonchev–Trinajstić information content (AvgIpc) is 3.29. The maximum absolute atomic E-state index is 13.2. The van der Waals surface area contributed by atoms with E-state index in [1.54, 1.807) is 35.7 Å². The molecule has 134 valence electrons. The van der Waals surface area contributed by atoms with Crippen molar-refractivity contribution < 1.29 is 9.47 Å². The minimum Gasteiger partial charge on any atom is -0.383 e. The summed E-state index contributed by atoms with van der Waals surface area (Å²) >= 11 is 0. The minimum atomic E-state index is -0.160. The Hall–Kier alpha value is -3.04. The molecule has 4 aromatic rings. The molecule has 0 unspecified atom stereocenters. The number of fused-ring (bicyclic) bond motifs is 3. The number of para-hydroxylation sites is 2. The molecule has 0 amide bonds. The third-order valence-corrected chi connectivity index (χ3v) is 4.26. The van der Waals surface area contributed by atoms with E-state index in [0.717, 1.165) is 11.0 Å². The second kappa shape index (κ2) is 6.70. The van der Waals surface area contributed by atoms with Crippen molar-refractivity contribution in [1.82, 2.24) is 28.9 Å². The van der Waals surface area contributed by atoms with E-state index in [0.29, 0.717) is 36.8 Å². The third-order valence-electron chi connectivity index (χ3n) is 4.26. The fraction of sp³-hybridized carbons (Fsp3) is 0.294. The molecule has 0 spiro atoms. The van der Waals surface area contributed by atoms with E-state index in [9.17, 15) is 4.79 Å². The zero-order chi connectivity index (χ0) is 18.1. The van der Waals surface area contributed by atoms with Crippen LogP contribution in [0.2, 0.25) is 0 Å². The summed E-state index contributed by atoms with van der Waals surface area (Å²) in [7, 11) is 3.20. The van der Waals surface area contributed by atoms with Gasteiger partial charge in [0.15, 0.2) is 11.3 Å². The standard InChI is InChI=1S/C17H18N6O3/c1-25-8-7-21-13-5-3-4-6-14(13)22-11-18-16(15(22)17(21)24)23-12(10-26-2)9-19-20-23/h3-6,9,11H,7-8,10H2,1-2H3. The lowest BCUT2D eigenvalue weighted by atomic mass is 10.2. The maximum Gasteiger partial charge on any atom is 0.279 e. The van der Waals surface area contributed by atoms with Gasteiger partial charge in [-0.2, -0.15) is 4.68 Å². The van der Waals surface area contributed by atoms with Crippen LogP contribution in [0.25, 0.3) is 22.4 Å². The van der Waals surface area contributed by atoms with Gasteiger partial charge in [-0.1, -0.05) is 17.3 Å². The van der Waals surface area contributed by atoms with Crippen molar-refractivity contribution in [2.24, 2.45) is 0 Å². The molecule has 0 atom stereocenters. The Kier molecular flexibility index (Phi) is 4.23. The van der Waals surface area contributed by atoms with Crippen molar-refractivity contribution in [3.05, 3.63) is 52.8 Å². The molecule has 1 aromatic carbocycles. The number of nitrogens with zero attached hydrogens (tertiary/aromatic N) is 6. The quantitative estimate of drug-likeness (QED) is 0.514. The van der Waals surface area contributed by atoms with Crippen molar-refractivity contribution >= 4 is 16.6 Å². The number of aromatic nitrogens is 6. The maximum atomic E-state index is 13.2. The third kappa shape index (κ3) is 2.49. The van der Waals surface area contributed by atoms with Crippen LogP contribution in [0, 0.1) is 0 Å². The van der Waals surface area contributed by atoms with Gasteiger partial charge >= 0.3 is 0 Å². The summed E-state index contributed by atoms with van der Waals surface area (Å²) in [5.41, 5.74) is 2.69. The van der Waals surface area contributed by atoms with Crippen LogP contribution in [0.4, 0.5) is 0 Å². The first-order valence-electron chi connectivity index (χ1n) is 8.12. The lowest BCUT2D eigenvalue weighted by Gasteiger charge is -2.12. The van der Waals surface area contributed by atoms with Crippen molar-refractivity contribution in [1.29, 1.82) is 0 Å². The van der Waals surface area contributed by atoms with Crippen molar-refractivity contribution in [3.63, 3.8) is 0 Å². The molecule has 9 heteroatoms. The smallest absolute Gasteiger partial charge is 0.279 e. The molecule has 0 fully saturated rings. The lowest BCUT2D eigenvalue weighted by Crippen LogP contribution is -2.25. The van der Waals surface area contributed by atoms with Gasteiger partial charge in [0.25, 0.3) is 5.56 Å². The fourth-order valence-corrected chi connectivity index (χ4v) is 3.09. The number of hydrogen-bond donors (Lipinski definition) is 0. The predicted octanol–water partition coefficient (Wildman–Crippen LogP) is 1.02. The van der Waals surface area contributed by atoms with E-state index in [4.69, 9.17) is 9.47 Å². The fourth-order valence-electron chi connectivity index (χ4n) is 3.09. The predicted molar refractivity (Wildman–Crippen MR) is 94.5 cm³/mol. The van der Waals surface area contributed by atoms with Crippen LogP contribution in [0.3, 0.4) is 0 Å². The number of rotatable bonds is 6. The van der Waals surface area contributed by atoms with Crippen LogP contribution in [-0.4, -0.2) is 49.8 Å². The molecule has 0 N–H and O–H groups in total. The summed E-state index contributed by atoms with van der Waals surface area (Å²) in [6.07, 6.45) is 3.23. The van der Waals surface area contributed by atoms with Crippen molar-refractivity contribution in [2.75, 3.05) is 20.8 Å². The number of imidazole rings is 1. The number of benzene rings is 1. The van der Waals surface area contributed by atoms with Crippen molar-refractivity contribution in [3.8, 4) is 5.82 Å². The van der Waals surface area contributed by atoms with Gasteiger partial charge in [-0.3, -0.25) is 9.20 Å². The first-order chi connectivity index (χ1) is 12.8. The monoisotopic (exact) mass is 354 g/mol. The summed E-state index contributed by atoms with van der Waals surface area (Å²) in [6.45, 7) is 1.19. The Morgan fingerprint density at radius 3 is 2.69 bits per heavy atom. The molecule has 3 aromatic heterocycles. The van der Waals surface area contributed by atoms with E-state index in [-0.39, 0.29) is 5.56 Å². The second-order valence-electron chi connectivity index (χ2n) is 5.80. The Balaban J connectivity index is 2.04. The van der Waals surface area contributed by atoms with Crippen LogP contribution in [0.1, 0.15) is 5.69 Å². The Bertz CT molecular complexity index is 1130. The average molecular weight is 354 g/mol. The summed E-state index contributed by atoms with van der Waals surface area (Å²) in [5, 5.41) is 8.00. The highest BCUT2D eigenvalue weighted by Gasteiger charge is 2.19. The SMILES string of the molecule is COCCn1c(=O)c2c(-n3nncc3COC)ncn2c2ccccc21.